The van der Waals surface area contributed by atoms with Crippen molar-refractivity contribution in [1.29, 1.82) is 0 Å². The molecule has 0 radical (unpaired) electrons. The van der Waals surface area contributed by atoms with Gasteiger partial charge < -0.3 is 10.1 Å². The highest BCUT2D eigenvalue weighted by Crippen LogP contribution is 2.30. The quantitative estimate of drug-likeness (QED) is 0.760. The normalized spacial score (nSPS) is 21.9. The van der Waals surface area contributed by atoms with Crippen LogP contribution in [0.3, 0.4) is 0 Å². The number of carboxylic acid groups (broad SMARTS) is 1. The van der Waals surface area contributed by atoms with Crippen LogP contribution >= 0.6 is 0 Å². The summed E-state index contributed by atoms with van der Waals surface area (Å²) in [7, 11) is 0. The van der Waals surface area contributed by atoms with Gasteiger partial charge in [0.05, 0.1) is 18.1 Å². The summed E-state index contributed by atoms with van der Waals surface area (Å²) >= 11 is 0. The number of carboxylic acids is 1. The van der Waals surface area contributed by atoms with Gasteiger partial charge in [0.25, 0.3) is 0 Å². The number of hydrogen-bond acceptors (Lipinski definition) is 3. The molecule has 5 nitrogen and oxygen atoms in total. The number of nitrogens with one attached hydrogen (secondary N) is 2. The largest absolute Gasteiger partial charge is 0.480 e. The van der Waals surface area contributed by atoms with Gasteiger partial charge in [-0.25, -0.2) is 4.98 Å². The third-order valence-corrected chi connectivity index (χ3v) is 3.60. The van der Waals surface area contributed by atoms with Gasteiger partial charge in [-0.2, -0.15) is 0 Å². The average Bonchev–Trinajstić information content (AvgIpc) is 2.86. The molecule has 0 amide bonds. The molecule has 2 aromatic rings. The first kappa shape index (κ1) is 11.9. The first-order chi connectivity index (χ1) is 9.16. The molecule has 0 saturated heterocycles. The molecule has 0 aliphatic carbocycles. The topological polar surface area (TPSA) is 78.0 Å². The maximum atomic E-state index is 11.3. The van der Waals surface area contributed by atoms with Gasteiger partial charge in [-0.05, 0) is 18.1 Å². The van der Waals surface area contributed by atoms with Crippen molar-refractivity contribution >= 4 is 5.97 Å². The Labute approximate surface area is 110 Å². The van der Waals surface area contributed by atoms with Crippen molar-refractivity contribution in [2.75, 3.05) is 0 Å². The van der Waals surface area contributed by atoms with Gasteiger partial charge in [-0.15, -0.1) is 0 Å². The van der Waals surface area contributed by atoms with Crippen LogP contribution in [-0.2, 0) is 11.2 Å². The number of fused-ring (bicyclic) bond motifs is 1. The van der Waals surface area contributed by atoms with E-state index in [0.29, 0.717) is 6.42 Å². The smallest absolute Gasteiger partial charge is 0.321 e. The van der Waals surface area contributed by atoms with Crippen LogP contribution in [0.25, 0.3) is 0 Å². The van der Waals surface area contributed by atoms with Gasteiger partial charge >= 0.3 is 5.97 Å². The summed E-state index contributed by atoms with van der Waals surface area (Å²) in [5.41, 5.74) is 3.99. The molecule has 2 atom stereocenters. The van der Waals surface area contributed by atoms with Crippen LogP contribution in [0.15, 0.2) is 30.6 Å². The number of carbonyl (C=O) groups is 1. The Balaban J connectivity index is 2.06. The maximum absolute atomic E-state index is 11.3. The summed E-state index contributed by atoms with van der Waals surface area (Å²) in [6.45, 7) is 2.02. The minimum absolute atomic E-state index is 0.169. The highest BCUT2D eigenvalue weighted by Gasteiger charge is 2.33. The molecule has 1 aromatic heterocycles. The second kappa shape index (κ2) is 4.51. The van der Waals surface area contributed by atoms with Crippen LogP contribution in [0.4, 0.5) is 0 Å². The summed E-state index contributed by atoms with van der Waals surface area (Å²) in [5.74, 6) is -0.834. The minimum Gasteiger partial charge on any atom is -0.480 e. The average molecular weight is 257 g/mol. The van der Waals surface area contributed by atoms with Gasteiger partial charge in [0.2, 0.25) is 0 Å². The lowest BCUT2D eigenvalue weighted by Crippen LogP contribution is -2.45. The van der Waals surface area contributed by atoms with Gasteiger partial charge in [-0.1, -0.05) is 24.3 Å². The molecule has 1 aliphatic heterocycles. The lowest BCUT2D eigenvalue weighted by Gasteiger charge is -2.29. The van der Waals surface area contributed by atoms with Crippen molar-refractivity contribution in [3.05, 3.63) is 53.1 Å². The molecule has 19 heavy (non-hydrogen) atoms. The number of rotatable bonds is 2. The van der Waals surface area contributed by atoms with Crippen molar-refractivity contribution in [1.82, 2.24) is 15.3 Å². The Kier molecular flexibility index (Phi) is 2.83. The van der Waals surface area contributed by atoms with E-state index < -0.39 is 12.0 Å². The minimum atomic E-state index is -0.834. The number of benzene rings is 1. The van der Waals surface area contributed by atoms with Gasteiger partial charge in [-0.3, -0.25) is 10.1 Å². The van der Waals surface area contributed by atoms with Crippen LogP contribution in [0.5, 0.6) is 0 Å². The Morgan fingerprint density at radius 1 is 1.42 bits per heavy atom. The molecule has 0 fully saturated rings. The van der Waals surface area contributed by atoms with Crippen molar-refractivity contribution in [3.63, 3.8) is 0 Å². The fourth-order valence-electron chi connectivity index (χ4n) is 2.59. The van der Waals surface area contributed by atoms with Crippen molar-refractivity contribution in [2.45, 2.75) is 25.4 Å². The SMILES string of the molecule is Cc1ccccc1[C@@H]1N[C@@H](C(=O)O)Cc2[nH]cnc21. The summed E-state index contributed by atoms with van der Waals surface area (Å²) in [4.78, 5) is 18.6. The van der Waals surface area contributed by atoms with E-state index in [1.54, 1.807) is 6.33 Å². The first-order valence-electron chi connectivity index (χ1n) is 6.23. The Hall–Kier alpha value is -2.14. The zero-order valence-electron chi connectivity index (χ0n) is 10.6. The third kappa shape index (κ3) is 2.02. The molecule has 2 heterocycles. The van der Waals surface area contributed by atoms with Gasteiger partial charge in [0.15, 0.2) is 0 Å². The molecule has 1 aliphatic rings. The number of hydrogen-bond donors (Lipinski definition) is 3. The standard InChI is InChI=1S/C14H15N3O2/c1-8-4-2-3-5-9(8)12-13-10(15-7-16-13)6-11(17-12)14(18)19/h2-5,7,11-12,17H,6H2,1H3,(H,15,16)(H,18,19)/t11-,12+/m1/s1. The highest BCUT2D eigenvalue weighted by molar-refractivity contribution is 5.74. The van der Waals surface area contributed by atoms with E-state index in [9.17, 15) is 9.90 Å². The summed E-state index contributed by atoms with van der Waals surface area (Å²) in [6.07, 6.45) is 2.06. The molecular formula is C14H15N3O2. The van der Waals surface area contributed by atoms with E-state index >= 15 is 0 Å². The number of H-pyrrole nitrogens is 1. The predicted octanol–water partition coefficient (Wildman–Crippen LogP) is 1.41. The second-order valence-electron chi connectivity index (χ2n) is 4.82. The highest BCUT2D eigenvalue weighted by atomic mass is 16.4. The van der Waals surface area contributed by atoms with E-state index in [2.05, 4.69) is 15.3 Å². The number of imidazole rings is 1. The van der Waals surface area contributed by atoms with Gasteiger partial charge in [0.1, 0.15) is 6.04 Å². The molecular weight excluding hydrogens is 242 g/mol. The third-order valence-electron chi connectivity index (χ3n) is 3.60. The molecule has 0 spiro atoms. The molecule has 0 bridgehead atoms. The van der Waals surface area contributed by atoms with E-state index in [0.717, 1.165) is 22.5 Å². The summed E-state index contributed by atoms with van der Waals surface area (Å²) in [6, 6.07) is 7.21. The molecule has 0 saturated carbocycles. The van der Waals surface area contributed by atoms with Crippen molar-refractivity contribution in [2.24, 2.45) is 0 Å². The summed E-state index contributed by atoms with van der Waals surface area (Å²) < 4.78 is 0. The van der Waals surface area contributed by atoms with Gasteiger partial charge in [0, 0.05) is 12.1 Å². The van der Waals surface area contributed by atoms with Crippen LogP contribution < -0.4 is 5.32 Å². The summed E-state index contributed by atoms with van der Waals surface area (Å²) in [5, 5.41) is 12.4. The Morgan fingerprint density at radius 2 is 2.21 bits per heavy atom. The van der Waals surface area contributed by atoms with E-state index in [-0.39, 0.29) is 6.04 Å². The Morgan fingerprint density at radius 3 is 2.95 bits per heavy atom. The van der Waals surface area contributed by atoms with Crippen LogP contribution in [0.1, 0.15) is 28.6 Å². The van der Waals surface area contributed by atoms with E-state index in [1.807, 2.05) is 31.2 Å². The lowest BCUT2D eigenvalue weighted by molar-refractivity contribution is -0.139. The molecule has 5 heteroatoms. The fourth-order valence-corrected chi connectivity index (χ4v) is 2.59. The number of aryl methyl sites for hydroxylation is 1. The molecule has 3 N–H and O–H groups in total. The number of nitrogens with zero attached hydrogens (tertiary/aromatic N) is 1. The van der Waals surface area contributed by atoms with Crippen LogP contribution in [0.2, 0.25) is 0 Å². The monoisotopic (exact) mass is 257 g/mol. The second-order valence-corrected chi connectivity index (χ2v) is 4.82. The molecule has 3 rings (SSSR count). The van der Waals surface area contributed by atoms with Crippen molar-refractivity contribution in [3.8, 4) is 0 Å². The number of aliphatic carboxylic acids is 1. The zero-order chi connectivity index (χ0) is 13.4. The molecule has 98 valence electrons. The molecule has 0 unspecified atom stereocenters. The molecule has 1 aromatic carbocycles. The maximum Gasteiger partial charge on any atom is 0.321 e. The predicted molar refractivity (Wildman–Crippen MR) is 69.9 cm³/mol. The van der Waals surface area contributed by atoms with Crippen molar-refractivity contribution < 1.29 is 9.90 Å². The number of aromatic amines is 1. The first-order valence-corrected chi connectivity index (χ1v) is 6.23. The van der Waals surface area contributed by atoms with E-state index in [1.165, 1.54) is 0 Å². The van der Waals surface area contributed by atoms with Crippen LogP contribution in [-0.4, -0.2) is 27.1 Å². The lowest BCUT2D eigenvalue weighted by atomic mass is 9.91. The Bertz CT molecular complexity index is 621. The van der Waals surface area contributed by atoms with Crippen LogP contribution in [0, 0.1) is 6.92 Å². The number of aromatic nitrogens is 2. The fraction of sp³-hybridized carbons (Fsp3) is 0.286. The zero-order valence-corrected chi connectivity index (χ0v) is 10.6. The van der Waals surface area contributed by atoms with E-state index in [4.69, 9.17) is 0 Å².